The van der Waals surface area contributed by atoms with Crippen molar-refractivity contribution in [3.63, 3.8) is 0 Å². The third kappa shape index (κ3) is 2.27. The molecule has 0 saturated carbocycles. The van der Waals surface area contributed by atoms with Gasteiger partial charge in [-0.1, -0.05) is 37.3 Å². The minimum Gasteiger partial charge on any atom is -0.268 e. The van der Waals surface area contributed by atoms with Crippen LogP contribution in [0.4, 0.5) is 0 Å². The minimum absolute atomic E-state index is 0.228. The van der Waals surface area contributed by atoms with E-state index in [9.17, 15) is 4.79 Å². The van der Waals surface area contributed by atoms with Gasteiger partial charge in [-0.2, -0.15) is 15.2 Å². The number of benzene rings is 1. The molecule has 0 aliphatic rings. The molecule has 0 fully saturated rings. The maximum Gasteiger partial charge on any atom is 0.268 e. The molecule has 0 aliphatic heterocycles. The second kappa shape index (κ2) is 5.87. The Labute approximate surface area is 153 Å². The van der Waals surface area contributed by atoms with Gasteiger partial charge in [0.2, 0.25) is 5.95 Å². The molecule has 0 atom stereocenters. The molecule has 1 N–H and O–H groups in total. The summed E-state index contributed by atoms with van der Waals surface area (Å²) < 4.78 is 3.16. The Morgan fingerprint density at radius 1 is 1.11 bits per heavy atom. The molecule has 0 spiro atoms. The Kier molecular flexibility index (Phi) is 3.36. The fraction of sp³-hybridized carbons (Fsp3) is 0.105. The Morgan fingerprint density at radius 3 is 2.70 bits per heavy atom. The average Bonchev–Trinajstić information content (AvgIpc) is 3.36. The van der Waals surface area contributed by atoms with Crippen LogP contribution in [-0.2, 0) is 6.42 Å². The van der Waals surface area contributed by atoms with Gasteiger partial charge in [0, 0.05) is 18.0 Å². The zero-order valence-corrected chi connectivity index (χ0v) is 14.5. The quantitative estimate of drug-likeness (QED) is 0.535. The van der Waals surface area contributed by atoms with Crippen molar-refractivity contribution >= 4 is 16.6 Å². The molecule has 5 rings (SSSR count). The van der Waals surface area contributed by atoms with Gasteiger partial charge >= 0.3 is 0 Å². The van der Waals surface area contributed by atoms with Crippen LogP contribution >= 0.6 is 0 Å². The van der Waals surface area contributed by atoms with Crippen LogP contribution in [0.1, 0.15) is 12.6 Å². The van der Waals surface area contributed by atoms with Crippen molar-refractivity contribution in [3.05, 3.63) is 71.2 Å². The third-order valence-electron chi connectivity index (χ3n) is 4.61. The number of nitrogens with zero attached hydrogens (tertiary/aromatic N) is 6. The Hall–Kier alpha value is -3.81. The van der Waals surface area contributed by atoms with E-state index in [1.807, 2.05) is 36.4 Å². The molecule has 5 aromatic rings. The largest absolute Gasteiger partial charge is 0.268 e. The van der Waals surface area contributed by atoms with Crippen molar-refractivity contribution in [2.45, 2.75) is 13.3 Å². The summed E-state index contributed by atoms with van der Waals surface area (Å²) in [5, 5.41) is 11.7. The van der Waals surface area contributed by atoms with Crippen LogP contribution in [0.15, 0.2) is 59.9 Å². The Balaban J connectivity index is 1.83. The van der Waals surface area contributed by atoms with E-state index in [1.54, 1.807) is 16.9 Å². The monoisotopic (exact) mass is 357 g/mol. The molecule has 0 aliphatic carbocycles. The molecule has 0 amide bonds. The van der Waals surface area contributed by atoms with Gasteiger partial charge < -0.3 is 0 Å². The maximum atomic E-state index is 12.9. The van der Waals surface area contributed by atoms with E-state index < -0.39 is 0 Å². The van der Waals surface area contributed by atoms with Crippen LogP contribution in [-0.4, -0.2) is 34.3 Å². The van der Waals surface area contributed by atoms with E-state index >= 15 is 0 Å². The fourth-order valence-electron chi connectivity index (χ4n) is 3.34. The number of aromatic amines is 1. The first-order chi connectivity index (χ1) is 13.3. The van der Waals surface area contributed by atoms with Gasteiger partial charge in [-0.05, 0) is 18.1 Å². The molecule has 0 saturated heterocycles. The molecule has 1 aromatic carbocycles. The molecule has 4 heterocycles. The van der Waals surface area contributed by atoms with Crippen molar-refractivity contribution in [1.82, 2.24) is 34.3 Å². The van der Waals surface area contributed by atoms with Crippen molar-refractivity contribution in [2.24, 2.45) is 0 Å². The summed E-state index contributed by atoms with van der Waals surface area (Å²) in [6, 6.07) is 11.9. The second-order valence-electron chi connectivity index (χ2n) is 6.13. The standard InChI is InChI=1S/C19H15N7O/c1-2-14-16(12-6-4-3-5-7-12)17-20-10-13-15(26(17)24-14)8-9-25(18(13)27)19-21-11-22-23-19/h3-11H,2H2,1H3,(H,21,22,23). The predicted octanol–water partition coefficient (Wildman–Crippen LogP) is 2.38. The van der Waals surface area contributed by atoms with Crippen LogP contribution in [0.3, 0.4) is 0 Å². The molecule has 132 valence electrons. The number of hydrogen-bond donors (Lipinski definition) is 1. The topological polar surface area (TPSA) is 93.8 Å². The highest BCUT2D eigenvalue weighted by Gasteiger charge is 2.18. The van der Waals surface area contributed by atoms with Crippen molar-refractivity contribution in [2.75, 3.05) is 0 Å². The molecule has 0 bridgehead atoms. The lowest BCUT2D eigenvalue weighted by Gasteiger charge is -2.05. The molecule has 27 heavy (non-hydrogen) atoms. The highest BCUT2D eigenvalue weighted by Crippen LogP contribution is 2.29. The summed E-state index contributed by atoms with van der Waals surface area (Å²) in [5.74, 6) is 0.363. The Morgan fingerprint density at radius 2 is 1.96 bits per heavy atom. The molecule has 8 nitrogen and oxygen atoms in total. The lowest BCUT2D eigenvalue weighted by Crippen LogP contribution is -2.19. The average molecular weight is 357 g/mol. The summed E-state index contributed by atoms with van der Waals surface area (Å²) in [6.07, 6.45) is 5.40. The lowest BCUT2D eigenvalue weighted by atomic mass is 10.0. The number of aryl methyl sites for hydroxylation is 1. The summed E-state index contributed by atoms with van der Waals surface area (Å²) >= 11 is 0. The van der Waals surface area contributed by atoms with Crippen molar-refractivity contribution in [1.29, 1.82) is 0 Å². The first kappa shape index (κ1) is 15.4. The Bertz CT molecular complexity index is 1320. The number of pyridine rings is 1. The third-order valence-corrected chi connectivity index (χ3v) is 4.61. The summed E-state index contributed by atoms with van der Waals surface area (Å²) in [7, 11) is 0. The highest BCUT2D eigenvalue weighted by atomic mass is 16.1. The number of hydrogen-bond acceptors (Lipinski definition) is 5. The van der Waals surface area contributed by atoms with Crippen LogP contribution < -0.4 is 5.56 Å². The normalized spacial score (nSPS) is 11.4. The van der Waals surface area contributed by atoms with Gasteiger partial charge in [-0.3, -0.25) is 9.36 Å². The molecular weight excluding hydrogens is 342 g/mol. The van der Waals surface area contributed by atoms with Crippen LogP contribution in [0, 0.1) is 0 Å². The summed E-state index contributed by atoms with van der Waals surface area (Å²) in [5.41, 5.74) is 4.22. The first-order valence-electron chi connectivity index (χ1n) is 8.61. The van der Waals surface area contributed by atoms with E-state index in [4.69, 9.17) is 5.10 Å². The van der Waals surface area contributed by atoms with E-state index in [0.29, 0.717) is 16.9 Å². The number of rotatable bonds is 3. The molecule has 4 aromatic heterocycles. The smallest absolute Gasteiger partial charge is 0.268 e. The van der Waals surface area contributed by atoms with Crippen LogP contribution in [0.5, 0.6) is 0 Å². The number of H-pyrrole nitrogens is 1. The van der Waals surface area contributed by atoms with Gasteiger partial charge in [-0.15, -0.1) is 0 Å². The summed E-state index contributed by atoms with van der Waals surface area (Å²) in [6.45, 7) is 2.06. The van der Waals surface area contributed by atoms with Gasteiger partial charge in [0.05, 0.1) is 16.6 Å². The molecule has 0 unspecified atom stereocenters. The van der Waals surface area contributed by atoms with Crippen LogP contribution in [0.2, 0.25) is 0 Å². The predicted molar refractivity (Wildman–Crippen MR) is 101 cm³/mol. The van der Waals surface area contributed by atoms with Crippen molar-refractivity contribution < 1.29 is 0 Å². The van der Waals surface area contributed by atoms with E-state index in [1.165, 1.54) is 10.9 Å². The second-order valence-corrected chi connectivity index (χ2v) is 6.13. The molecule has 8 heteroatoms. The summed E-state index contributed by atoms with van der Waals surface area (Å²) in [4.78, 5) is 21.5. The molecular formula is C19H15N7O. The van der Waals surface area contributed by atoms with E-state index in [2.05, 4.69) is 27.1 Å². The number of nitrogens with one attached hydrogen (secondary N) is 1. The zero-order valence-electron chi connectivity index (χ0n) is 14.5. The lowest BCUT2D eigenvalue weighted by molar-refractivity contribution is 0.885. The first-order valence-corrected chi connectivity index (χ1v) is 8.61. The SMILES string of the molecule is CCc1nn2c(ncc3c(=O)n(-c4ncn[nH]4)ccc32)c1-c1ccccc1. The van der Waals surface area contributed by atoms with E-state index in [0.717, 1.165) is 28.9 Å². The van der Waals surface area contributed by atoms with Crippen LogP contribution in [0.25, 0.3) is 33.6 Å². The zero-order chi connectivity index (χ0) is 18.4. The van der Waals surface area contributed by atoms with E-state index in [-0.39, 0.29) is 5.56 Å². The minimum atomic E-state index is -0.228. The number of aromatic nitrogens is 7. The van der Waals surface area contributed by atoms with Crippen molar-refractivity contribution in [3.8, 4) is 17.1 Å². The molecule has 0 radical (unpaired) electrons. The highest BCUT2D eigenvalue weighted by molar-refractivity contribution is 5.86. The maximum absolute atomic E-state index is 12.9. The van der Waals surface area contributed by atoms with Gasteiger partial charge in [0.15, 0.2) is 5.65 Å². The van der Waals surface area contributed by atoms with Gasteiger partial charge in [-0.25, -0.2) is 14.6 Å². The number of fused-ring (bicyclic) bond motifs is 3. The van der Waals surface area contributed by atoms with Gasteiger partial charge in [0.1, 0.15) is 6.33 Å². The fourth-order valence-corrected chi connectivity index (χ4v) is 3.34. The van der Waals surface area contributed by atoms with Gasteiger partial charge in [0.25, 0.3) is 5.56 Å².